The molecule has 0 aliphatic rings. The number of H-pyrrole nitrogens is 1. The van der Waals surface area contributed by atoms with Gasteiger partial charge in [0.15, 0.2) is 0 Å². The molecular weight excluding hydrogens is 326 g/mol. The van der Waals surface area contributed by atoms with E-state index >= 15 is 0 Å². The number of nitrogens with one attached hydrogen (secondary N) is 3. The molecule has 0 aliphatic carbocycles. The molecule has 0 atom stereocenters. The Morgan fingerprint density at radius 2 is 2.15 bits per heavy atom. The van der Waals surface area contributed by atoms with Gasteiger partial charge in [0.05, 0.1) is 4.60 Å². The first-order valence-electron chi connectivity index (χ1n) is 6.02. The van der Waals surface area contributed by atoms with Gasteiger partial charge in [-0.05, 0) is 46.1 Å². The Labute approximate surface area is 123 Å². The van der Waals surface area contributed by atoms with Crippen molar-refractivity contribution in [3.63, 3.8) is 0 Å². The minimum Gasteiger partial charge on any atom is -0.465 e. The molecule has 1 aromatic heterocycles. The molecule has 0 unspecified atom stereocenters. The molecule has 0 aliphatic heterocycles. The van der Waals surface area contributed by atoms with Gasteiger partial charge in [-0.1, -0.05) is 0 Å². The first-order valence-corrected chi connectivity index (χ1v) is 6.81. The number of fused-ring (bicyclic) bond motifs is 1. The van der Waals surface area contributed by atoms with E-state index in [1.54, 1.807) is 12.1 Å². The zero-order valence-electron chi connectivity index (χ0n) is 10.8. The van der Waals surface area contributed by atoms with Gasteiger partial charge in [0.1, 0.15) is 0 Å². The standard InChI is InChI=1S/C13H14BrN3O3/c1-7(18)15-5-4-9-10-6-8(16-13(19)20)2-3-11(10)17-12(9)14/h2-3,6,16-17H,4-5H2,1H3,(H,15,18)(H,19,20). The van der Waals surface area contributed by atoms with Crippen molar-refractivity contribution in [2.75, 3.05) is 11.9 Å². The van der Waals surface area contributed by atoms with Gasteiger partial charge in [-0.25, -0.2) is 4.79 Å². The van der Waals surface area contributed by atoms with E-state index in [-0.39, 0.29) is 5.91 Å². The van der Waals surface area contributed by atoms with Gasteiger partial charge in [0.2, 0.25) is 5.91 Å². The monoisotopic (exact) mass is 339 g/mol. The van der Waals surface area contributed by atoms with Crippen LogP contribution in [0.3, 0.4) is 0 Å². The average Bonchev–Trinajstić information content (AvgIpc) is 2.65. The lowest BCUT2D eigenvalue weighted by molar-refractivity contribution is -0.118. The van der Waals surface area contributed by atoms with Gasteiger partial charge >= 0.3 is 6.09 Å². The van der Waals surface area contributed by atoms with Crippen molar-refractivity contribution >= 4 is 44.5 Å². The third-order valence-corrected chi connectivity index (χ3v) is 3.53. The van der Waals surface area contributed by atoms with Crippen LogP contribution >= 0.6 is 15.9 Å². The van der Waals surface area contributed by atoms with Crippen molar-refractivity contribution < 1.29 is 14.7 Å². The maximum absolute atomic E-state index is 10.9. The zero-order valence-corrected chi connectivity index (χ0v) is 12.4. The summed E-state index contributed by atoms with van der Waals surface area (Å²) in [5.41, 5.74) is 2.42. The summed E-state index contributed by atoms with van der Waals surface area (Å²) in [5.74, 6) is -0.0748. The van der Waals surface area contributed by atoms with Crippen molar-refractivity contribution in [3.8, 4) is 0 Å². The van der Waals surface area contributed by atoms with Crippen molar-refractivity contribution in [2.45, 2.75) is 13.3 Å². The van der Waals surface area contributed by atoms with E-state index in [9.17, 15) is 9.59 Å². The van der Waals surface area contributed by atoms with Crippen molar-refractivity contribution in [3.05, 3.63) is 28.4 Å². The van der Waals surface area contributed by atoms with Crippen molar-refractivity contribution in [1.29, 1.82) is 0 Å². The number of anilines is 1. The van der Waals surface area contributed by atoms with Crippen LogP contribution in [-0.2, 0) is 11.2 Å². The maximum atomic E-state index is 10.9. The number of rotatable bonds is 4. The van der Waals surface area contributed by atoms with Gasteiger partial charge in [0, 0.05) is 30.1 Å². The molecule has 6 nitrogen and oxygen atoms in total. The fourth-order valence-electron chi connectivity index (χ4n) is 2.02. The van der Waals surface area contributed by atoms with Gasteiger partial charge in [0.25, 0.3) is 0 Å². The molecule has 7 heteroatoms. The molecule has 0 saturated heterocycles. The second-order valence-electron chi connectivity index (χ2n) is 4.34. The Kier molecular flexibility index (Phi) is 4.29. The lowest BCUT2D eigenvalue weighted by Gasteiger charge is -2.04. The smallest absolute Gasteiger partial charge is 0.409 e. The number of carboxylic acid groups (broad SMARTS) is 1. The second-order valence-corrected chi connectivity index (χ2v) is 5.13. The fourth-order valence-corrected chi connectivity index (χ4v) is 2.65. The van der Waals surface area contributed by atoms with E-state index in [0.29, 0.717) is 18.7 Å². The number of aromatic amines is 1. The Hall–Kier alpha value is -2.02. The maximum Gasteiger partial charge on any atom is 0.409 e. The fraction of sp³-hybridized carbons (Fsp3) is 0.231. The normalized spacial score (nSPS) is 10.5. The first-order chi connectivity index (χ1) is 9.47. The summed E-state index contributed by atoms with van der Waals surface area (Å²) >= 11 is 3.45. The number of hydrogen-bond acceptors (Lipinski definition) is 2. The molecule has 1 aromatic carbocycles. The summed E-state index contributed by atoms with van der Waals surface area (Å²) in [7, 11) is 0. The van der Waals surface area contributed by atoms with E-state index in [1.165, 1.54) is 6.92 Å². The summed E-state index contributed by atoms with van der Waals surface area (Å²) in [6.07, 6.45) is -0.449. The lowest BCUT2D eigenvalue weighted by Crippen LogP contribution is -2.22. The lowest BCUT2D eigenvalue weighted by atomic mass is 10.1. The predicted octanol–water partition coefficient (Wildman–Crippen LogP) is 2.70. The van der Waals surface area contributed by atoms with Crippen molar-refractivity contribution in [1.82, 2.24) is 10.3 Å². The highest BCUT2D eigenvalue weighted by molar-refractivity contribution is 9.10. The molecule has 0 radical (unpaired) electrons. The van der Waals surface area contributed by atoms with Crippen LogP contribution in [0.15, 0.2) is 22.8 Å². The number of hydrogen-bond donors (Lipinski definition) is 4. The Morgan fingerprint density at radius 3 is 2.80 bits per heavy atom. The Bertz CT molecular complexity index is 666. The van der Waals surface area contributed by atoms with Crippen LogP contribution in [0.4, 0.5) is 10.5 Å². The molecule has 106 valence electrons. The van der Waals surface area contributed by atoms with E-state index < -0.39 is 6.09 Å². The number of carbonyl (C=O) groups is 2. The topological polar surface area (TPSA) is 94.2 Å². The van der Waals surface area contributed by atoms with Gasteiger partial charge in [-0.2, -0.15) is 0 Å². The Morgan fingerprint density at radius 1 is 1.40 bits per heavy atom. The number of amides is 2. The molecule has 4 N–H and O–H groups in total. The molecule has 0 saturated carbocycles. The number of halogens is 1. The summed E-state index contributed by atoms with van der Waals surface area (Å²) in [4.78, 5) is 24.7. The van der Waals surface area contributed by atoms with Gasteiger partial charge in [-0.15, -0.1) is 0 Å². The SMILES string of the molecule is CC(=O)NCCc1c(Br)[nH]c2ccc(NC(=O)O)cc12. The van der Waals surface area contributed by atoms with E-state index in [1.807, 2.05) is 6.07 Å². The number of carbonyl (C=O) groups excluding carboxylic acids is 1. The van der Waals surface area contributed by atoms with Crippen LogP contribution in [0.5, 0.6) is 0 Å². The quantitative estimate of drug-likeness (QED) is 0.689. The van der Waals surface area contributed by atoms with Crippen LogP contribution in [-0.4, -0.2) is 28.6 Å². The average molecular weight is 340 g/mol. The minimum atomic E-state index is -1.10. The molecule has 2 rings (SSSR count). The molecule has 1 heterocycles. The van der Waals surface area contributed by atoms with Crippen LogP contribution < -0.4 is 10.6 Å². The van der Waals surface area contributed by atoms with Gasteiger partial charge < -0.3 is 15.4 Å². The van der Waals surface area contributed by atoms with Crippen LogP contribution in [0.1, 0.15) is 12.5 Å². The third-order valence-electron chi connectivity index (χ3n) is 2.85. The highest BCUT2D eigenvalue weighted by atomic mass is 79.9. The van der Waals surface area contributed by atoms with E-state index in [0.717, 1.165) is 21.1 Å². The summed E-state index contributed by atoms with van der Waals surface area (Å²) < 4.78 is 0.838. The molecule has 0 bridgehead atoms. The molecule has 20 heavy (non-hydrogen) atoms. The third kappa shape index (κ3) is 3.30. The number of benzene rings is 1. The van der Waals surface area contributed by atoms with Crippen LogP contribution in [0.25, 0.3) is 10.9 Å². The van der Waals surface area contributed by atoms with E-state index in [2.05, 4.69) is 31.5 Å². The largest absolute Gasteiger partial charge is 0.465 e. The molecule has 2 aromatic rings. The predicted molar refractivity (Wildman–Crippen MR) is 80.0 cm³/mol. The summed E-state index contributed by atoms with van der Waals surface area (Å²) in [5, 5.41) is 14.7. The van der Waals surface area contributed by atoms with E-state index in [4.69, 9.17) is 5.11 Å². The Balaban J connectivity index is 2.29. The van der Waals surface area contributed by atoms with Crippen molar-refractivity contribution in [2.24, 2.45) is 0 Å². The zero-order chi connectivity index (χ0) is 14.7. The summed E-state index contributed by atoms with van der Waals surface area (Å²) in [6.45, 7) is 2.00. The van der Waals surface area contributed by atoms with Crippen LogP contribution in [0.2, 0.25) is 0 Å². The molecule has 0 spiro atoms. The van der Waals surface area contributed by atoms with Crippen LogP contribution in [0, 0.1) is 0 Å². The minimum absolute atomic E-state index is 0.0748. The van der Waals surface area contributed by atoms with Gasteiger partial charge in [-0.3, -0.25) is 10.1 Å². The summed E-state index contributed by atoms with van der Waals surface area (Å²) in [6, 6.07) is 5.28. The number of aromatic nitrogens is 1. The second kappa shape index (κ2) is 5.96. The first kappa shape index (κ1) is 14.4. The highest BCUT2D eigenvalue weighted by Crippen LogP contribution is 2.29. The molecule has 2 amide bonds. The molecular formula is C13H14BrN3O3. The highest BCUT2D eigenvalue weighted by Gasteiger charge is 2.11. The molecule has 0 fully saturated rings.